The third-order valence-corrected chi connectivity index (χ3v) is 3.51. The van der Waals surface area contributed by atoms with Crippen LogP contribution in [-0.2, 0) is 6.54 Å². The van der Waals surface area contributed by atoms with Crippen molar-refractivity contribution < 1.29 is 9.90 Å². The number of anilines is 1. The Hall–Kier alpha value is -2.04. The number of carboxylic acid groups (broad SMARTS) is 1. The van der Waals surface area contributed by atoms with Crippen molar-refractivity contribution in [1.29, 1.82) is 0 Å². The topological polar surface area (TPSA) is 61.4 Å². The van der Waals surface area contributed by atoms with Crippen LogP contribution in [0.5, 0.6) is 0 Å². The van der Waals surface area contributed by atoms with Crippen molar-refractivity contribution in [3.05, 3.63) is 64.7 Å². The molecule has 0 aliphatic heterocycles. The summed E-state index contributed by atoms with van der Waals surface area (Å²) in [6.45, 7) is 2.71. The van der Waals surface area contributed by atoms with Gasteiger partial charge in [-0.05, 0) is 30.2 Å². The summed E-state index contributed by atoms with van der Waals surface area (Å²) in [6.07, 6.45) is -1.13. The van der Waals surface area contributed by atoms with Gasteiger partial charge in [0.25, 0.3) is 0 Å². The van der Waals surface area contributed by atoms with Crippen molar-refractivity contribution in [1.82, 2.24) is 5.32 Å². The van der Waals surface area contributed by atoms with E-state index in [1.807, 2.05) is 24.3 Å². The van der Waals surface area contributed by atoms with Crippen LogP contribution in [0.25, 0.3) is 0 Å². The van der Waals surface area contributed by atoms with E-state index in [2.05, 4.69) is 29.7 Å². The fourth-order valence-corrected chi connectivity index (χ4v) is 2.19. The molecular weight excluding hydrogens is 288 g/mol. The molecule has 0 saturated carbocycles. The van der Waals surface area contributed by atoms with Gasteiger partial charge in [0.1, 0.15) is 0 Å². The third-order valence-electron chi connectivity index (χ3n) is 3.18. The van der Waals surface area contributed by atoms with Crippen LogP contribution in [0.15, 0.2) is 48.5 Å². The number of rotatable bonds is 5. The maximum absolute atomic E-state index is 10.7. The molecule has 0 saturated heterocycles. The fourth-order valence-electron chi connectivity index (χ4n) is 2.02. The molecule has 5 heteroatoms. The smallest absolute Gasteiger partial charge is 0.409 e. The highest BCUT2D eigenvalue weighted by molar-refractivity contribution is 6.33. The van der Waals surface area contributed by atoms with Crippen molar-refractivity contribution in [2.75, 3.05) is 5.32 Å². The normalized spacial score (nSPS) is 11.9. The highest BCUT2D eigenvalue weighted by atomic mass is 35.5. The van der Waals surface area contributed by atoms with Crippen LogP contribution in [0.4, 0.5) is 10.5 Å². The van der Waals surface area contributed by atoms with Gasteiger partial charge >= 0.3 is 6.09 Å². The Kier molecular flexibility index (Phi) is 5.20. The Morgan fingerprint density at radius 1 is 1.24 bits per heavy atom. The summed E-state index contributed by atoms with van der Waals surface area (Å²) in [5, 5.41) is 14.8. The summed E-state index contributed by atoms with van der Waals surface area (Å²) >= 11 is 5.95. The Morgan fingerprint density at radius 2 is 1.95 bits per heavy atom. The monoisotopic (exact) mass is 304 g/mol. The predicted octanol–water partition coefficient (Wildman–Crippen LogP) is 4.28. The molecule has 4 nitrogen and oxygen atoms in total. The Bertz CT molecular complexity index is 617. The molecular formula is C16H17ClN2O2. The lowest BCUT2D eigenvalue weighted by molar-refractivity contribution is 0.210. The van der Waals surface area contributed by atoms with E-state index >= 15 is 0 Å². The first kappa shape index (κ1) is 15.4. The minimum absolute atomic E-state index is 0.206. The van der Waals surface area contributed by atoms with Gasteiger partial charge in [0.15, 0.2) is 0 Å². The van der Waals surface area contributed by atoms with Crippen molar-refractivity contribution in [3.63, 3.8) is 0 Å². The summed E-state index contributed by atoms with van der Waals surface area (Å²) < 4.78 is 0. The quantitative estimate of drug-likeness (QED) is 0.772. The van der Waals surface area contributed by atoms with Gasteiger partial charge in [0, 0.05) is 12.6 Å². The van der Waals surface area contributed by atoms with Gasteiger partial charge < -0.3 is 10.4 Å². The minimum atomic E-state index is -1.13. The molecule has 2 rings (SSSR count). The van der Waals surface area contributed by atoms with E-state index in [-0.39, 0.29) is 6.04 Å². The lowest BCUT2D eigenvalue weighted by Gasteiger charge is -2.15. The minimum Gasteiger partial charge on any atom is -0.465 e. The van der Waals surface area contributed by atoms with E-state index in [1.54, 1.807) is 12.1 Å². The summed E-state index contributed by atoms with van der Waals surface area (Å²) in [5.41, 5.74) is 2.57. The van der Waals surface area contributed by atoms with Gasteiger partial charge in [-0.2, -0.15) is 0 Å². The molecule has 0 radical (unpaired) electrons. The van der Waals surface area contributed by atoms with Crippen LogP contribution in [0.3, 0.4) is 0 Å². The van der Waals surface area contributed by atoms with Crippen LogP contribution >= 0.6 is 11.6 Å². The maximum atomic E-state index is 10.7. The Balaban J connectivity index is 2.01. The van der Waals surface area contributed by atoms with Gasteiger partial charge in [0.2, 0.25) is 0 Å². The Labute approximate surface area is 128 Å². The first-order valence-electron chi connectivity index (χ1n) is 6.63. The standard InChI is InChI=1S/C16H17ClN2O2/c1-11(13-5-3-2-4-6-13)18-10-12-7-8-14(17)15(9-12)19-16(20)21/h2-9,11,18-19H,10H2,1H3,(H,20,21)/t11-/m1/s1. The number of hydrogen-bond acceptors (Lipinski definition) is 2. The van der Waals surface area contributed by atoms with E-state index in [9.17, 15) is 4.79 Å². The van der Waals surface area contributed by atoms with Gasteiger partial charge in [-0.25, -0.2) is 4.79 Å². The summed E-state index contributed by atoms with van der Waals surface area (Å²) in [7, 11) is 0. The molecule has 0 heterocycles. The summed E-state index contributed by atoms with van der Waals surface area (Å²) in [6, 6.07) is 15.6. The number of benzene rings is 2. The SMILES string of the molecule is C[C@@H](NCc1ccc(Cl)c(NC(=O)O)c1)c1ccccc1. The maximum Gasteiger partial charge on any atom is 0.409 e. The van der Waals surface area contributed by atoms with Crippen molar-refractivity contribution in [2.45, 2.75) is 19.5 Å². The lowest BCUT2D eigenvalue weighted by Crippen LogP contribution is -2.18. The molecule has 3 N–H and O–H groups in total. The average Bonchev–Trinajstić information content (AvgIpc) is 2.48. The number of halogens is 1. The molecule has 0 aromatic heterocycles. The van der Waals surface area contributed by atoms with Gasteiger partial charge in [-0.1, -0.05) is 48.0 Å². The van der Waals surface area contributed by atoms with Crippen LogP contribution < -0.4 is 10.6 Å². The van der Waals surface area contributed by atoms with Crippen LogP contribution in [0.2, 0.25) is 5.02 Å². The van der Waals surface area contributed by atoms with Crippen LogP contribution in [0, 0.1) is 0 Å². The molecule has 110 valence electrons. The van der Waals surface area contributed by atoms with E-state index in [0.29, 0.717) is 17.3 Å². The number of hydrogen-bond donors (Lipinski definition) is 3. The predicted molar refractivity (Wildman–Crippen MR) is 84.8 cm³/mol. The molecule has 2 aromatic carbocycles. The highest BCUT2D eigenvalue weighted by Gasteiger charge is 2.07. The van der Waals surface area contributed by atoms with Crippen LogP contribution in [-0.4, -0.2) is 11.2 Å². The molecule has 2 aromatic rings. The number of amides is 1. The average molecular weight is 305 g/mol. The van der Waals surface area contributed by atoms with E-state index < -0.39 is 6.09 Å². The van der Waals surface area contributed by atoms with E-state index in [1.165, 1.54) is 5.56 Å². The molecule has 0 fully saturated rings. The summed E-state index contributed by atoms with van der Waals surface area (Å²) in [4.78, 5) is 10.7. The van der Waals surface area contributed by atoms with E-state index in [0.717, 1.165) is 5.56 Å². The Morgan fingerprint density at radius 3 is 2.62 bits per heavy atom. The largest absolute Gasteiger partial charge is 0.465 e. The second kappa shape index (κ2) is 7.11. The molecule has 0 aliphatic carbocycles. The zero-order valence-electron chi connectivity index (χ0n) is 11.6. The molecule has 1 amide bonds. The first-order valence-corrected chi connectivity index (χ1v) is 7.01. The number of nitrogens with one attached hydrogen (secondary N) is 2. The molecule has 0 unspecified atom stereocenters. The summed E-state index contributed by atoms with van der Waals surface area (Å²) in [5.74, 6) is 0. The zero-order chi connectivity index (χ0) is 15.2. The molecule has 21 heavy (non-hydrogen) atoms. The number of carbonyl (C=O) groups is 1. The van der Waals surface area contributed by atoms with Gasteiger partial charge in [0.05, 0.1) is 10.7 Å². The van der Waals surface area contributed by atoms with Crippen molar-refractivity contribution >= 4 is 23.4 Å². The second-order valence-electron chi connectivity index (χ2n) is 4.76. The lowest BCUT2D eigenvalue weighted by atomic mass is 10.1. The van der Waals surface area contributed by atoms with Gasteiger partial charge in [-0.15, -0.1) is 0 Å². The fraction of sp³-hybridized carbons (Fsp3) is 0.188. The molecule has 0 aliphatic rings. The van der Waals surface area contributed by atoms with Crippen LogP contribution in [0.1, 0.15) is 24.1 Å². The second-order valence-corrected chi connectivity index (χ2v) is 5.16. The third kappa shape index (κ3) is 4.48. The van der Waals surface area contributed by atoms with Crippen molar-refractivity contribution in [2.24, 2.45) is 0 Å². The molecule has 1 atom stereocenters. The van der Waals surface area contributed by atoms with Gasteiger partial charge in [-0.3, -0.25) is 5.32 Å². The van der Waals surface area contributed by atoms with E-state index in [4.69, 9.17) is 16.7 Å². The van der Waals surface area contributed by atoms with Crippen molar-refractivity contribution in [3.8, 4) is 0 Å². The first-order chi connectivity index (χ1) is 10.1. The zero-order valence-corrected chi connectivity index (χ0v) is 12.4. The molecule has 0 bridgehead atoms. The molecule has 0 spiro atoms. The highest BCUT2D eigenvalue weighted by Crippen LogP contribution is 2.23.